The van der Waals surface area contributed by atoms with Gasteiger partial charge in [-0.15, -0.1) is 0 Å². The highest BCUT2D eigenvalue weighted by molar-refractivity contribution is 5.77. The Bertz CT molecular complexity index is 346. The van der Waals surface area contributed by atoms with Crippen molar-refractivity contribution in [2.75, 3.05) is 27.2 Å². The number of nitrogens with zero attached hydrogens (tertiary/aromatic N) is 1. The van der Waals surface area contributed by atoms with Crippen molar-refractivity contribution in [3.8, 4) is 0 Å². The summed E-state index contributed by atoms with van der Waals surface area (Å²) in [6, 6.07) is 0.131. The molecule has 0 unspecified atom stereocenters. The van der Waals surface area contributed by atoms with Crippen molar-refractivity contribution in [3.63, 3.8) is 0 Å². The lowest BCUT2D eigenvalue weighted by Gasteiger charge is -2.23. The van der Waals surface area contributed by atoms with E-state index in [1.54, 1.807) is 19.0 Å². The van der Waals surface area contributed by atoms with Gasteiger partial charge < -0.3 is 20.3 Å². The summed E-state index contributed by atoms with van der Waals surface area (Å²) in [7, 11) is 3.46. The molecule has 0 heterocycles. The first-order valence-electron chi connectivity index (χ1n) is 7.09. The molecule has 0 aromatic rings. The summed E-state index contributed by atoms with van der Waals surface area (Å²) in [6.07, 6.45) is 1.87. The highest BCUT2D eigenvalue weighted by Gasteiger charge is 2.31. The number of carbonyl (C=O) groups is 2. The molecular formula is C14H27N3O3. The van der Waals surface area contributed by atoms with Gasteiger partial charge in [0.05, 0.1) is 6.54 Å². The average molecular weight is 285 g/mol. The average Bonchev–Trinajstić information content (AvgIpc) is 3.10. The molecule has 1 saturated carbocycles. The lowest BCUT2D eigenvalue weighted by Crippen LogP contribution is -2.46. The molecule has 1 fully saturated rings. The smallest absolute Gasteiger partial charge is 0.407 e. The molecule has 6 nitrogen and oxygen atoms in total. The van der Waals surface area contributed by atoms with Crippen molar-refractivity contribution < 1.29 is 14.3 Å². The van der Waals surface area contributed by atoms with Gasteiger partial charge >= 0.3 is 6.09 Å². The summed E-state index contributed by atoms with van der Waals surface area (Å²) in [5.41, 5.74) is -0.493. The minimum atomic E-state index is -0.493. The zero-order chi connectivity index (χ0) is 15.3. The van der Waals surface area contributed by atoms with Crippen LogP contribution in [0.5, 0.6) is 0 Å². The van der Waals surface area contributed by atoms with E-state index < -0.39 is 11.7 Å². The van der Waals surface area contributed by atoms with Gasteiger partial charge in [-0.25, -0.2) is 4.79 Å². The van der Waals surface area contributed by atoms with E-state index in [1.807, 2.05) is 20.8 Å². The molecule has 20 heavy (non-hydrogen) atoms. The molecule has 0 radical (unpaired) electrons. The lowest BCUT2D eigenvalue weighted by atomic mass is 10.2. The molecule has 0 aromatic heterocycles. The Morgan fingerprint density at radius 2 is 1.90 bits per heavy atom. The Morgan fingerprint density at radius 3 is 2.35 bits per heavy atom. The number of alkyl carbamates (subject to hydrolysis) is 1. The number of hydrogen-bond donors (Lipinski definition) is 2. The van der Waals surface area contributed by atoms with Crippen LogP contribution in [0.25, 0.3) is 0 Å². The number of carbonyl (C=O) groups excluding carboxylic acids is 2. The monoisotopic (exact) mass is 285 g/mol. The van der Waals surface area contributed by atoms with Crippen LogP contribution in [0.4, 0.5) is 4.79 Å². The summed E-state index contributed by atoms with van der Waals surface area (Å²) in [4.78, 5) is 24.7. The van der Waals surface area contributed by atoms with E-state index in [4.69, 9.17) is 4.74 Å². The molecule has 116 valence electrons. The minimum absolute atomic E-state index is 0.0351. The SMILES string of the molecule is CN(C)C(=O)CN[C@H](CNC(=O)OC(C)(C)C)C1CC1. The van der Waals surface area contributed by atoms with E-state index in [1.165, 1.54) is 0 Å². The fourth-order valence-electron chi connectivity index (χ4n) is 1.79. The Kier molecular flexibility index (Phi) is 5.80. The zero-order valence-corrected chi connectivity index (χ0v) is 13.2. The van der Waals surface area contributed by atoms with Crippen LogP contribution in [0.3, 0.4) is 0 Å². The van der Waals surface area contributed by atoms with Crippen molar-refractivity contribution in [2.24, 2.45) is 5.92 Å². The molecule has 0 aromatic carbocycles. The van der Waals surface area contributed by atoms with Crippen molar-refractivity contribution in [2.45, 2.75) is 45.3 Å². The molecular weight excluding hydrogens is 258 g/mol. The van der Waals surface area contributed by atoms with Crippen LogP contribution in [-0.2, 0) is 9.53 Å². The highest BCUT2D eigenvalue weighted by atomic mass is 16.6. The molecule has 1 atom stereocenters. The van der Waals surface area contributed by atoms with Gasteiger partial charge in [0, 0.05) is 26.7 Å². The number of nitrogens with one attached hydrogen (secondary N) is 2. The molecule has 1 aliphatic rings. The van der Waals surface area contributed by atoms with Gasteiger partial charge in [0.1, 0.15) is 5.60 Å². The Balaban J connectivity index is 2.33. The molecule has 0 spiro atoms. The fourth-order valence-corrected chi connectivity index (χ4v) is 1.79. The van der Waals surface area contributed by atoms with Gasteiger partial charge in [-0.1, -0.05) is 0 Å². The van der Waals surface area contributed by atoms with Crippen LogP contribution in [0.2, 0.25) is 0 Å². The van der Waals surface area contributed by atoms with Gasteiger partial charge in [-0.3, -0.25) is 4.79 Å². The third-order valence-corrected chi connectivity index (χ3v) is 3.07. The van der Waals surface area contributed by atoms with Crippen LogP contribution in [-0.4, -0.2) is 55.7 Å². The molecule has 2 N–H and O–H groups in total. The van der Waals surface area contributed by atoms with E-state index in [0.717, 1.165) is 12.8 Å². The van der Waals surface area contributed by atoms with Gasteiger partial charge in [0.2, 0.25) is 5.91 Å². The van der Waals surface area contributed by atoms with E-state index in [0.29, 0.717) is 19.0 Å². The predicted molar refractivity (Wildman–Crippen MR) is 77.4 cm³/mol. The number of rotatable bonds is 6. The van der Waals surface area contributed by atoms with E-state index >= 15 is 0 Å². The summed E-state index contributed by atoms with van der Waals surface area (Å²) >= 11 is 0. The zero-order valence-electron chi connectivity index (χ0n) is 13.2. The van der Waals surface area contributed by atoms with E-state index in [2.05, 4.69) is 10.6 Å². The third-order valence-electron chi connectivity index (χ3n) is 3.07. The second-order valence-electron chi connectivity index (χ2n) is 6.50. The first kappa shape index (κ1) is 16.8. The second-order valence-corrected chi connectivity index (χ2v) is 6.50. The topological polar surface area (TPSA) is 70.7 Å². The van der Waals surface area contributed by atoms with Gasteiger partial charge in [0.15, 0.2) is 0 Å². The van der Waals surface area contributed by atoms with E-state index in [9.17, 15) is 9.59 Å². The maximum atomic E-state index is 11.6. The molecule has 2 amide bonds. The number of ether oxygens (including phenoxy) is 1. The fraction of sp³-hybridized carbons (Fsp3) is 0.857. The number of amides is 2. The van der Waals surface area contributed by atoms with Crippen molar-refractivity contribution in [1.82, 2.24) is 15.5 Å². The van der Waals surface area contributed by atoms with Crippen LogP contribution in [0, 0.1) is 5.92 Å². The van der Waals surface area contributed by atoms with Crippen molar-refractivity contribution >= 4 is 12.0 Å². The molecule has 6 heteroatoms. The molecule has 1 aliphatic carbocycles. The van der Waals surface area contributed by atoms with Crippen LogP contribution < -0.4 is 10.6 Å². The van der Waals surface area contributed by atoms with Gasteiger partial charge in [0.25, 0.3) is 0 Å². The Morgan fingerprint density at radius 1 is 1.30 bits per heavy atom. The summed E-state index contributed by atoms with van der Waals surface area (Å²) in [6.45, 7) is 6.28. The Labute approximate surface area is 121 Å². The van der Waals surface area contributed by atoms with Crippen molar-refractivity contribution in [3.05, 3.63) is 0 Å². The number of hydrogen-bond acceptors (Lipinski definition) is 4. The summed E-state index contributed by atoms with van der Waals surface area (Å²) in [5, 5.41) is 5.98. The van der Waals surface area contributed by atoms with Gasteiger partial charge in [-0.2, -0.15) is 0 Å². The van der Waals surface area contributed by atoms with Crippen LogP contribution in [0.1, 0.15) is 33.6 Å². The number of likely N-dealkylation sites (N-methyl/N-ethyl adjacent to an activating group) is 1. The van der Waals surface area contributed by atoms with E-state index in [-0.39, 0.29) is 11.9 Å². The largest absolute Gasteiger partial charge is 0.444 e. The standard InChI is InChI=1S/C14H27N3O3/c1-14(2,3)20-13(19)16-8-11(10-6-7-10)15-9-12(18)17(4)5/h10-11,15H,6-9H2,1-5H3,(H,16,19)/t11-/m1/s1. The van der Waals surface area contributed by atoms with Gasteiger partial charge in [-0.05, 0) is 39.5 Å². The van der Waals surface area contributed by atoms with Crippen LogP contribution in [0.15, 0.2) is 0 Å². The first-order chi connectivity index (χ1) is 9.19. The first-order valence-corrected chi connectivity index (χ1v) is 7.09. The Hall–Kier alpha value is -1.30. The quantitative estimate of drug-likeness (QED) is 0.763. The van der Waals surface area contributed by atoms with Crippen molar-refractivity contribution in [1.29, 1.82) is 0 Å². The predicted octanol–water partition coefficient (Wildman–Crippen LogP) is 0.968. The lowest BCUT2D eigenvalue weighted by molar-refractivity contribution is -0.127. The molecule has 0 aliphatic heterocycles. The second kappa shape index (κ2) is 6.92. The maximum Gasteiger partial charge on any atom is 0.407 e. The molecule has 0 bridgehead atoms. The van der Waals surface area contributed by atoms with Crippen LogP contribution >= 0.6 is 0 Å². The molecule has 0 saturated heterocycles. The molecule has 1 rings (SSSR count). The summed E-state index contributed by atoms with van der Waals surface area (Å²) in [5.74, 6) is 0.577. The normalized spacial score (nSPS) is 16.4. The highest BCUT2D eigenvalue weighted by Crippen LogP contribution is 2.32. The maximum absolute atomic E-state index is 11.6. The minimum Gasteiger partial charge on any atom is -0.444 e. The summed E-state index contributed by atoms with van der Waals surface area (Å²) < 4.78 is 5.20. The third kappa shape index (κ3) is 6.75.